The number of amides is 2. The van der Waals surface area contributed by atoms with Crippen LogP contribution in [0.4, 0.5) is 18.0 Å². The number of carbonyl (C=O) groups is 2. The predicted octanol–water partition coefficient (Wildman–Crippen LogP) is 1.18. The summed E-state index contributed by atoms with van der Waals surface area (Å²) < 4.78 is 50.0. The molecule has 2 rings (SSSR count). The number of carbonyl (C=O) groups excluding carboxylic acids is 2. The van der Waals surface area contributed by atoms with Crippen molar-refractivity contribution in [2.45, 2.75) is 24.9 Å². The number of phenolic OH excluding ortho intramolecular Hbond substituents is 1. The normalized spacial score (nSPS) is 25.8. The van der Waals surface area contributed by atoms with Crippen LogP contribution in [0, 0.1) is 5.92 Å². The first-order valence-electron chi connectivity index (χ1n) is 7.46. The van der Waals surface area contributed by atoms with Gasteiger partial charge in [-0.25, -0.2) is 4.79 Å². The predicted molar refractivity (Wildman–Crippen MR) is 80.2 cm³/mol. The molecule has 0 unspecified atom stereocenters. The standard InChI is InChI=1S/C15H17F3N2O6/c1-3-26-12(22)10-11(7-4-5-8(21)9(6-7)25-2)19-13(23)20-14(10,24)15(16,17)18/h4-6,10-11,21,24H,3H2,1-2H3,(H2,19,20,23)/t10-,11+,14+/m1/s1. The molecule has 0 saturated carbocycles. The number of esters is 1. The maximum atomic E-state index is 13.5. The van der Waals surface area contributed by atoms with Crippen molar-refractivity contribution in [3.05, 3.63) is 23.8 Å². The van der Waals surface area contributed by atoms with E-state index in [4.69, 9.17) is 4.74 Å². The van der Waals surface area contributed by atoms with Gasteiger partial charge in [0.1, 0.15) is 5.92 Å². The maximum Gasteiger partial charge on any atom is 0.437 e. The largest absolute Gasteiger partial charge is 0.504 e. The van der Waals surface area contributed by atoms with Crippen molar-refractivity contribution in [3.8, 4) is 11.5 Å². The number of hydrogen-bond acceptors (Lipinski definition) is 6. The second-order valence-corrected chi connectivity index (χ2v) is 5.50. The third kappa shape index (κ3) is 3.34. The molecule has 1 aromatic rings. The Morgan fingerprint density at radius 3 is 2.58 bits per heavy atom. The molecule has 0 aliphatic carbocycles. The van der Waals surface area contributed by atoms with Crippen molar-refractivity contribution in [1.29, 1.82) is 0 Å². The van der Waals surface area contributed by atoms with Crippen LogP contribution in [-0.4, -0.2) is 47.8 Å². The van der Waals surface area contributed by atoms with Gasteiger partial charge in [0.2, 0.25) is 0 Å². The number of hydrogen-bond donors (Lipinski definition) is 4. The lowest BCUT2D eigenvalue weighted by molar-refractivity contribution is -0.294. The van der Waals surface area contributed by atoms with Crippen LogP contribution in [0.2, 0.25) is 0 Å². The second-order valence-electron chi connectivity index (χ2n) is 5.50. The zero-order chi connectivity index (χ0) is 19.7. The van der Waals surface area contributed by atoms with E-state index in [9.17, 15) is 33.0 Å². The number of halogens is 3. The van der Waals surface area contributed by atoms with Crippen LogP contribution in [0.1, 0.15) is 18.5 Å². The molecule has 144 valence electrons. The van der Waals surface area contributed by atoms with E-state index in [0.717, 1.165) is 12.1 Å². The van der Waals surface area contributed by atoms with Gasteiger partial charge < -0.3 is 30.3 Å². The first kappa shape index (κ1) is 19.6. The summed E-state index contributed by atoms with van der Waals surface area (Å²) in [5.74, 6) is -3.99. The number of aliphatic hydroxyl groups is 1. The molecule has 3 atom stereocenters. The van der Waals surface area contributed by atoms with Crippen LogP contribution in [-0.2, 0) is 9.53 Å². The number of aromatic hydroxyl groups is 1. The Balaban J connectivity index is 2.60. The number of nitrogens with one attached hydrogen (secondary N) is 2. The Bertz CT molecular complexity index is 711. The van der Waals surface area contributed by atoms with Crippen molar-refractivity contribution in [2.24, 2.45) is 5.92 Å². The average Bonchev–Trinajstić information content (AvgIpc) is 2.53. The number of urea groups is 1. The highest BCUT2D eigenvalue weighted by Crippen LogP contribution is 2.44. The number of rotatable bonds is 4. The number of alkyl halides is 3. The molecule has 26 heavy (non-hydrogen) atoms. The molecule has 0 spiro atoms. The SMILES string of the molecule is CCOC(=O)[C@H]1[C@H](c2ccc(O)c(OC)c2)NC(=O)N[C@@]1(O)C(F)(F)F. The van der Waals surface area contributed by atoms with E-state index in [2.05, 4.69) is 10.1 Å². The first-order valence-corrected chi connectivity index (χ1v) is 7.46. The van der Waals surface area contributed by atoms with E-state index in [0.29, 0.717) is 0 Å². The fourth-order valence-corrected chi connectivity index (χ4v) is 2.70. The molecule has 4 N–H and O–H groups in total. The minimum absolute atomic E-state index is 0.00442. The molecule has 0 radical (unpaired) electrons. The number of ether oxygens (including phenoxy) is 2. The first-order chi connectivity index (χ1) is 12.0. The zero-order valence-electron chi connectivity index (χ0n) is 13.8. The summed E-state index contributed by atoms with van der Waals surface area (Å²) in [5.41, 5.74) is -3.85. The topological polar surface area (TPSA) is 117 Å². The summed E-state index contributed by atoms with van der Waals surface area (Å²) in [6.45, 7) is 1.15. The van der Waals surface area contributed by atoms with Gasteiger partial charge in [-0.05, 0) is 24.6 Å². The average molecular weight is 378 g/mol. The Labute approximate surface area is 145 Å². The van der Waals surface area contributed by atoms with Crippen molar-refractivity contribution >= 4 is 12.0 Å². The molecule has 1 aromatic carbocycles. The van der Waals surface area contributed by atoms with Gasteiger partial charge in [-0.15, -0.1) is 0 Å². The van der Waals surface area contributed by atoms with Gasteiger partial charge in [0.05, 0.1) is 19.8 Å². The summed E-state index contributed by atoms with van der Waals surface area (Å²) in [5, 5.41) is 23.3. The summed E-state index contributed by atoms with van der Waals surface area (Å²) in [7, 11) is 1.22. The van der Waals surface area contributed by atoms with Crippen LogP contribution in [0.15, 0.2) is 18.2 Å². The molecular weight excluding hydrogens is 361 g/mol. The lowest BCUT2D eigenvalue weighted by Crippen LogP contribution is -2.73. The zero-order valence-corrected chi connectivity index (χ0v) is 13.8. The highest BCUT2D eigenvalue weighted by molar-refractivity contribution is 5.83. The molecule has 1 aliphatic rings. The van der Waals surface area contributed by atoms with Gasteiger partial charge in [-0.2, -0.15) is 13.2 Å². The van der Waals surface area contributed by atoms with E-state index < -0.39 is 35.9 Å². The molecule has 1 fully saturated rings. The van der Waals surface area contributed by atoms with E-state index in [1.54, 1.807) is 0 Å². The third-order valence-corrected chi connectivity index (χ3v) is 3.91. The summed E-state index contributed by atoms with van der Waals surface area (Å²) >= 11 is 0. The monoisotopic (exact) mass is 378 g/mol. The molecule has 1 heterocycles. The molecule has 0 bridgehead atoms. The summed E-state index contributed by atoms with van der Waals surface area (Å²) in [6, 6.07) is 0.537. The Hall–Kier alpha value is -2.69. The summed E-state index contributed by atoms with van der Waals surface area (Å²) in [6.07, 6.45) is -5.36. The van der Waals surface area contributed by atoms with Gasteiger partial charge in [0.15, 0.2) is 11.5 Å². The smallest absolute Gasteiger partial charge is 0.437 e. The van der Waals surface area contributed by atoms with E-state index >= 15 is 0 Å². The Morgan fingerprint density at radius 2 is 2.04 bits per heavy atom. The third-order valence-electron chi connectivity index (χ3n) is 3.91. The molecule has 8 nitrogen and oxygen atoms in total. The van der Waals surface area contributed by atoms with Crippen LogP contribution >= 0.6 is 0 Å². The van der Waals surface area contributed by atoms with Gasteiger partial charge in [-0.3, -0.25) is 4.79 Å². The molecular formula is C15H17F3N2O6. The fraction of sp³-hybridized carbons (Fsp3) is 0.467. The van der Waals surface area contributed by atoms with E-state index in [1.807, 2.05) is 0 Å². The number of benzene rings is 1. The second kappa shape index (κ2) is 6.90. The van der Waals surface area contributed by atoms with Crippen LogP contribution in [0.5, 0.6) is 11.5 Å². The molecule has 11 heteroatoms. The highest BCUT2D eigenvalue weighted by atomic mass is 19.4. The van der Waals surface area contributed by atoms with Gasteiger partial charge in [0, 0.05) is 0 Å². The van der Waals surface area contributed by atoms with Crippen molar-refractivity contribution in [1.82, 2.24) is 10.6 Å². The maximum absolute atomic E-state index is 13.5. The van der Waals surface area contributed by atoms with E-state index in [-0.39, 0.29) is 23.7 Å². The lowest BCUT2D eigenvalue weighted by atomic mass is 9.82. The van der Waals surface area contributed by atoms with Crippen molar-refractivity contribution in [2.75, 3.05) is 13.7 Å². The molecule has 1 saturated heterocycles. The Morgan fingerprint density at radius 1 is 1.38 bits per heavy atom. The van der Waals surface area contributed by atoms with Gasteiger partial charge >= 0.3 is 18.2 Å². The highest BCUT2D eigenvalue weighted by Gasteiger charge is 2.67. The van der Waals surface area contributed by atoms with Gasteiger partial charge in [-0.1, -0.05) is 6.07 Å². The van der Waals surface area contributed by atoms with E-state index in [1.165, 1.54) is 25.4 Å². The van der Waals surface area contributed by atoms with Crippen molar-refractivity contribution in [3.63, 3.8) is 0 Å². The molecule has 0 aromatic heterocycles. The van der Waals surface area contributed by atoms with Crippen LogP contribution in [0.3, 0.4) is 0 Å². The number of phenols is 1. The summed E-state index contributed by atoms with van der Waals surface area (Å²) in [4.78, 5) is 24.0. The minimum atomic E-state index is -5.36. The lowest BCUT2D eigenvalue weighted by Gasteiger charge is -2.44. The molecule has 1 aliphatic heterocycles. The fourth-order valence-electron chi connectivity index (χ4n) is 2.70. The van der Waals surface area contributed by atoms with Crippen LogP contribution in [0.25, 0.3) is 0 Å². The Kier molecular flexibility index (Phi) is 5.21. The number of methoxy groups -OCH3 is 1. The minimum Gasteiger partial charge on any atom is -0.504 e. The van der Waals surface area contributed by atoms with Crippen LogP contribution < -0.4 is 15.4 Å². The van der Waals surface area contributed by atoms with Crippen molar-refractivity contribution < 1.29 is 42.4 Å². The molecule has 2 amide bonds. The van der Waals surface area contributed by atoms with Gasteiger partial charge in [0.25, 0.3) is 5.72 Å². The quantitative estimate of drug-likeness (QED) is 0.585.